The molecule has 3 rings (SSSR count). The summed E-state index contributed by atoms with van der Waals surface area (Å²) in [4.78, 5) is 24.5. The second kappa shape index (κ2) is 7.70. The van der Waals surface area contributed by atoms with Crippen LogP contribution in [0.2, 0.25) is 0 Å². The van der Waals surface area contributed by atoms with E-state index in [2.05, 4.69) is 9.97 Å². The standard InChI is InChI=1S/C19H24N4O3/c1-22(2)18-20-12-15(13-21-18)17(24)23-10-8-19(25,9-11-23)14-26-16-6-4-3-5-7-16/h3-7,12-13,25H,8-11,14H2,1-2H3. The Balaban J connectivity index is 1.54. The zero-order chi connectivity index (χ0) is 18.6. The lowest BCUT2D eigenvalue weighted by atomic mass is 9.92. The van der Waals surface area contributed by atoms with Crippen LogP contribution in [0.4, 0.5) is 5.95 Å². The van der Waals surface area contributed by atoms with Gasteiger partial charge in [0.15, 0.2) is 0 Å². The number of anilines is 1. The molecular weight excluding hydrogens is 332 g/mol. The SMILES string of the molecule is CN(C)c1ncc(C(=O)N2CCC(O)(COc3ccccc3)CC2)cn1. The van der Waals surface area contributed by atoms with Crippen LogP contribution in [0.25, 0.3) is 0 Å². The molecule has 0 atom stereocenters. The molecule has 1 aliphatic rings. The highest BCUT2D eigenvalue weighted by Gasteiger charge is 2.35. The second-order valence-electron chi connectivity index (χ2n) is 6.78. The molecule has 138 valence electrons. The van der Waals surface area contributed by atoms with Gasteiger partial charge in [0.05, 0.1) is 5.56 Å². The smallest absolute Gasteiger partial charge is 0.256 e. The molecule has 26 heavy (non-hydrogen) atoms. The van der Waals surface area contributed by atoms with Crippen LogP contribution in [-0.2, 0) is 0 Å². The summed E-state index contributed by atoms with van der Waals surface area (Å²) in [7, 11) is 3.69. The number of carbonyl (C=O) groups is 1. The predicted octanol–water partition coefficient (Wildman–Crippen LogP) is 1.59. The minimum atomic E-state index is -0.919. The number of benzene rings is 1. The largest absolute Gasteiger partial charge is 0.491 e. The Bertz CT molecular complexity index is 726. The summed E-state index contributed by atoms with van der Waals surface area (Å²) in [5, 5.41) is 10.7. The summed E-state index contributed by atoms with van der Waals surface area (Å²) in [5.74, 6) is 1.19. The molecular formula is C19H24N4O3. The van der Waals surface area contributed by atoms with E-state index in [1.54, 1.807) is 22.2 Å². The van der Waals surface area contributed by atoms with Gasteiger partial charge in [-0.2, -0.15) is 0 Å². The van der Waals surface area contributed by atoms with Crippen molar-refractivity contribution in [3.05, 3.63) is 48.3 Å². The van der Waals surface area contributed by atoms with E-state index in [1.165, 1.54) is 0 Å². The van der Waals surface area contributed by atoms with Crippen LogP contribution >= 0.6 is 0 Å². The topological polar surface area (TPSA) is 78.8 Å². The van der Waals surface area contributed by atoms with Crippen molar-refractivity contribution in [2.75, 3.05) is 38.7 Å². The minimum absolute atomic E-state index is 0.110. The molecule has 1 N–H and O–H groups in total. The summed E-state index contributed by atoms with van der Waals surface area (Å²) >= 11 is 0. The fourth-order valence-corrected chi connectivity index (χ4v) is 2.85. The number of nitrogens with zero attached hydrogens (tertiary/aromatic N) is 4. The predicted molar refractivity (Wildman–Crippen MR) is 98.4 cm³/mol. The van der Waals surface area contributed by atoms with Crippen molar-refractivity contribution in [2.24, 2.45) is 0 Å². The Kier molecular flexibility index (Phi) is 5.37. The average molecular weight is 356 g/mol. The Labute approximate surface area is 153 Å². The number of hydrogen-bond donors (Lipinski definition) is 1. The summed E-state index contributed by atoms with van der Waals surface area (Å²) in [6.45, 7) is 1.17. The molecule has 0 saturated carbocycles. The summed E-state index contributed by atoms with van der Waals surface area (Å²) < 4.78 is 5.69. The van der Waals surface area contributed by atoms with E-state index in [-0.39, 0.29) is 12.5 Å². The van der Waals surface area contributed by atoms with Gasteiger partial charge in [-0.1, -0.05) is 18.2 Å². The van der Waals surface area contributed by atoms with E-state index < -0.39 is 5.60 Å². The van der Waals surface area contributed by atoms with Gasteiger partial charge < -0.3 is 19.6 Å². The van der Waals surface area contributed by atoms with Gasteiger partial charge in [0.25, 0.3) is 5.91 Å². The number of piperidine rings is 1. The number of para-hydroxylation sites is 1. The highest BCUT2D eigenvalue weighted by molar-refractivity contribution is 5.93. The number of likely N-dealkylation sites (tertiary alicyclic amines) is 1. The molecule has 0 bridgehead atoms. The quantitative estimate of drug-likeness (QED) is 0.876. The van der Waals surface area contributed by atoms with Gasteiger partial charge in [-0.15, -0.1) is 0 Å². The molecule has 0 unspecified atom stereocenters. The van der Waals surface area contributed by atoms with E-state index in [4.69, 9.17) is 4.74 Å². The first-order valence-electron chi connectivity index (χ1n) is 8.66. The van der Waals surface area contributed by atoms with Crippen LogP contribution < -0.4 is 9.64 Å². The van der Waals surface area contributed by atoms with Gasteiger partial charge in [-0.3, -0.25) is 4.79 Å². The fraction of sp³-hybridized carbons (Fsp3) is 0.421. The van der Waals surface area contributed by atoms with Gasteiger partial charge >= 0.3 is 0 Å². The Morgan fingerprint density at radius 1 is 1.19 bits per heavy atom. The van der Waals surface area contributed by atoms with Crippen molar-refractivity contribution in [2.45, 2.75) is 18.4 Å². The van der Waals surface area contributed by atoms with E-state index in [0.717, 1.165) is 5.75 Å². The highest BCUT2D eigenvalue weighted by Crippen LogP contribution is 2.24. The van der Waals surface area contributed by atoms with Gasteiger partial charge in [0, 0.05) is 39.6 Å². The van der Waals surface area contributed by atoms with Crippen molar-refractivity contribution < 1.29 is 14.6 Å². The minimum Gasteiger partial charge on any atom is -0.491 e. The molecule has 7 nitrogen and oxygen atoms in total. The van der Waals surface area contributed by atoms with Crippen LogP contribution in [0, 0.1) is 0 Å². The third-order valence-electron chi connectivity index (χ3n) is 4.52. The average Bonchev–Trinajstić information content (AvgIpc) is 2.67. The summed E-state index contributed by atoms with van der Waals surface area (Å²) in [6, 6.07) is 9.42. The van der Waals surface area contributed by atoms with Gasteiger partial charge in [0.1, 0.15) is 18.0 Å². The number of aliphatic hydroxyl groups is 1. The van der Waals surface area contributed by atoms with Crippen molar-refractivity contribution in [1.29, 1.82) is 0 Å². The molecule has 7 heteroatoms. The molecule has 2 heterocycles. The fourth-order valence-electron chi connectivity index (χ4n) is 2.85. The van der Waals surface area contributed by atoms with Gasteiger partial charge in [0.2, 0.25) is 5.95 Å². The monoisotopic (exact) mass is 356 g/mol. The van der Waals surface area contributed by atoms with Crippen LogP contribution in [-0.4, -0.2) is 65.3 Å². The van der Waals surface area contributed by atoms with Crippen molar-refractivity contribution in [1.82, 2.24) is 14.9 Å². The number of ether oxygens (including phenoxy) is 1. The van der Waals surface area contributed by atoms with Gasteiger partial charge in [-0.25, -0.2) is 9.97 Å². The molecule has 1 aliphatic heterocycles. The third kappa shape index (κ3) is 4.29. The second-order valence-corrected chi connectivity index (χ2v) is 6.78. The number of aromatic nitrogens is 2. The Hall–Kier alpha value is -2.67. The lowest BCUT2D eigenvalue weighted by Gasteiger charge is -2.37. The van der Waals surface area contributed by atoms with Gasteiger partial charge in [-0.05, 0) is 25.0 Å². The van der Waals surface area contributed by atoms with Crippen LogP contribution in [0.15, 0.2) is 42.7 Å². The Morgan fingerprint density at radius 3 is 2.38 bits per heavy atom. The molecule has 2 aromatic rings. The number of amides is 1. The highest BCUT2D eigenvalue weighted by atomic mass is 16.5. The first-order valence-corrected chi connectivity index (χ1v) is 8.66. The van der Waals surface area contributed by atoms with E-state index in [1.807, 2.05) is 44.4 Å². The summed E-state index contributed by atoms with van der Waals surface area (Å²) in [5.41, 5.74) is -0.459. The molecule has 0 spiro atoms. The van der Waals surface area contributed by atoms with E-state index in [9.17, 15) is 9.90 Å². The van der Waals surface area contributed by atoms with E-state index >= 15 is 0 Å². The Morgan fingerprint density at radius 2 is 1.81 bits per heavy atom. The number of carbonyl (C=O) groups excluding carboxylic acids is 1. The van der Waals surface area contributed by atoms with Crippen molar-refractivity contribution in [3.63, 3.8) is 0 Å². The van der Waals surface area contributed by atoms with Crippen LogP contribution in [0.3, 0.4) is 0 Å². The lowest BCUT2D eigenvalue weighted by Crippen LogP contribution is -2.49. The normalized spacial score (nSPS) is 16.2. The first kappa shape index (κ1) is 18.1. The summed E-state index contributed by atoms with van der Waals surface area (Å²) in [6.07, 6.45) is 4.04. The van der Waals surface area contributed by atoms with Crippen molar-refractivity contribution >= 4 is 11.9 Å². The maximum atomic E-state index is 12.6. The molecule has 1 aromatic carbocycles. The molecule has 1 aromatic heterocycles. The zero-order valence-electron chi connectivity index (χ0n) is 15.1. The molecule has 0 aliphatic carbocycles. The number of rotatable bonds is 5. The first-order chi connectivity index (χ1) is 12.5. The van der Waals surface area contributed by atoms with Crippen molar-refractivity contribution in [3.8, 4) is 5.75 Å². The maximum absolute atomic E-state index is 12.6. The molecule has 1 saturated heterocycles. The maximum Gasteiger partial charge on any atom is 0.256 e. The molecule has 0 radical (unpaired) electrons. The van der Waals surface area contributed by atoms with E-state index in [0.29, 0.717) is 37.4 Å². The van der Waals surface area contributed by atoms with Crippen LogP contribution in [0.5, 0.6) is 5.75 Å². The van der Waals surface area contributed by atoms with Crippen LogP contribution in [0.1, 0.15) is 23.2 Å². The lowest BCUT2D eigenvalue weighted by molar-refractivity contribution is -0.0475. The number of hydrogen-bond acceptors (Lipinski definition) is 6. The third-order valence-corrected chi connectivity index (χ3v) is 4.52. The molecule has 1 amide bonds. The zero-order valence-corrected chi connectivity index (χ0v) is 15.1. The molecule has 1 fully saturated rings.